The molecule has 338 valence electrons. The molecule has 0 radical (unpaired) electrons. The molecule has 0 amide bonds. The molecule has 13 aromatic rings. The lowest BCUT2D eigenvalue weighted by atomic mass is 9.94. The summed E-state index contributed by atoms with van der Waals surface area (Å²) in [6, 6.07) is 73.8. The third kappa shape index (κ3) is 6.50. The van der Waals surface area contributed by atoms with E-state index in [9.17, 15) is 0 Å². The maximum absolute atomic E-state index is 6.53. The van der Waals surface area contributed by atoms with Crippen molar-refractivity contribution in [2.24, 2.45) is 0 Å². The third-order valence-electron chi connectivity index (χ3n) is 15.4. The monoisotopic (exact) mass is 929 g/mol. The molecule has 15 rings (SSSR count). The van der Waals surface area contributed by atoms with Crippen LogP contribution in [-0.4, -0.2) is 13.7 Å². The molecule has 71 heavy (non-hydrogen) atoms. The average molecular weight is 930 g/mol. The highest BCUT2D eigenvalue weighted by Gasteiger charge is 2.23. The fraction of sp³-hybridized carbons (Fsp3) is 0.0909. The molecule has 0 N–H and O–H groups in total. The summed E-state index contributed by atoms with van der Waals surface area (Å²) in [4.78, 5) is 0. The zero-order valence-corrected chi connectivity index (χ0v) is 39.9. The Morgan fingerprint density at radius 2 is 0.901 bits per heavy atom. The maximum atomic E-state index is 6.53. The van der Waals surface area contributed by atoms with Crippen molar-refractivity contribution >= 4 is 81.2 Å². The van der Waals surface area contributed by atoms with E-state index in [0.717, 1.165) is 42.9 Å². The number of allylic oxidation sites excluding steroid dienone is 1. The Kier molecular flexibility index (Phi) is 9.18. The molecule has 2 aliphatic carbocycles. The zero-order chi connectivity index (χ0) is 46.6. The lowest BCUT2D eigenvalue weighted by molar-refractivity contribution is 0.483. The van der Waals surface area contributed by atoms with Crippen LogP contribution < -0.4 is 4.74 Å². The molecule has 4 nitrogen and oxygen atoms in total. The van der Waals surface area contributed by atoms with Crippen molar-refractivity contribution in [2.75, 3.05) is 0 Å². The van der Waals surface area contributed by atoms with E-state index in [0.29, 0.717) is 0 Å². The van der Waals surface area contributed by atoms with Crippen LogP contribution in [0, 0.1) is 0 Å². The highest BCUT2D eigenvalue weighted by atomic mass is 32.1. The van der Waals surface area contributed by atoms with Crippen molar-refractivity contribution in [1.29, 1.82) is 0 Å². The molecule has 4 aromatic heterocycles. The minimum absolute atomic E-state index is 0.812. The van der Waals surface area contributed by atoms with Gasteiger partial charge in [-0.2, -0.15) is 0 Å². The second-order valence-corrected chi connectivity index (χ2v) is 20.5. The normalized spacial score (nSPS) is 13.5. The van der Waals surface area contributed by atoms with Gasteiger partial charge in [0.25, 0.3) is 0 Å². The van der Waals surface area contributed by atoms with Crippen molar-refractivity contribution in [3.8, 4) is 50.8 Å². The minimum atomic E-state index is 0.812. The van der Waals surface area contributed by atoms with E-state index in [4.69, 9.17) is 4.74 Å². The number of hydrogen-bond acceptors (Lipinski definition) is 2. The van der Waals surface area contributed by atoms with Gasteiger partial charge in [-0.05, 0) is 199 Å². The van der Waals surface area contributed by atoms with Crippen LogP contribution in [0.1, 0.15) is 41.8 Å². The Morgan fingerprint density at radius 3 is 1.59 bits per heavy atom. The molecular formula is C66H47N3OS. The lowest BCUT2D eigenvalue weighted by Gasteiger charge is -2.16. The summed E-state index contributed by atoms with van der Waals surface area (Å²) in [5.41, 5.74) is 19.1. The summed E-state index contributed by atoms with van der Waals surface area (Å²) in [5, 5.41) is 7.75. The Bertz CT molecular complexity index is 4300. The quantitative estimate of drug-likeness (QED) is 0.156. The molecule has 5 heteroatoms. The van der Waals surface area contributed by atoms with E-state index in [1.54, 1.807) is 0 Å². The minimum Gasteiger partial charge on any atom is -0.457 e. The number of benzene rings is 9. The predicted molar refractivity (Wildman–Crippen MR) is 299 cm³/mol. The summed E-state index contributed by atoms with van der Waals surface area (Å²) >= 11 is 1.81. The molecule has 0 spiro atoms. The molecule has 0 bridgehead atoms. The Balaban J connectivity index is 0.865. The van der Waals surface area contributed by atoms with Crippen LogP contribution >= 0.6 is 11.3 Å². The van der Waals surface area contributed by atoms with E-state index < -0.39 is 0 Å². The lowest BCUT2D eigenvalue weighted by Crippen LogP contribution is -2.06. The van der Waals surface area contributed by atoms with Crippen LogP contribution in [0.2, 0.25) is 0 Å². The van der Waals surface area contributed by atoms with Crippen LogP contribution in [0.25, 0.3) is 109 Å². The van der Waals surface area contributed by atoms with Crippen LogP contribution in [-0.2, 0) is 19.3 Å². The van der Waals surface area contributed by atoms with E-state index in [2.05, 4.69) is 226 Å². The number of nitrogens with zero attached hydrogens (tertiary/aromatic N) is 3. The molecule has 0 saturated carbocycles. The second kappa shape index (κ2) is 16.1. The van der Waals surface area contributed by atoms with Crippen molar-refractivity contribution in [2.45, 2.75) is 38.5 Å². The molecular weight excluding hydrogens is 883 g/mol. The number of aromatic nitrogens is 3. The molecule has 4 heterocycles. The molecule has 0 aliphatic heterocycles. The van der Waals surface area contributed by atoms with Crippen LogP contribution in [0.15, 0.2) is 206 Å². The van der Waals surface area contributed by atoms with Crippen molar-refractivity contribution in [1.82, 2.24) is 13.7 Å². The van der Waals surface area contributed by atoms with Gasteiger partial charge in [-0.1, -0.05) is 84.9 Å². The molecule has 0 fully saturated rings. The summed E-state index contributed by atoms with van der Waals surface area (Å²) in [6.45, 7) is 0. The topological polar surface area (TPSA) is 24.0 Å². The molecule has 0 atom stereocenters. The van der Waals surface area contributed by atoms with Gasteiger partial charge in [0.1, 0.15) is 11.5 Å². The largest absolute Gasteiger partial charge is 0.457 e. The first-order valence-electron chi connectivity index (χ1n) is 25.1. The van der Waals surface area contributed by atoms with E-state index in [-0.39, 0.29) is 0 Å². The number of hydrogen-bond donors (Lipinski definition) is 0. The Labute approximate surface area is 415 Å². The van der Waals surface area contributed by atoms with Crippen LogP contribution in [0.5, 0.6) is 11.5 Å². The summed E-state index contributed by atoms with van der Waals surface area (Å²) in [5.74, 6) is 1.66. The summed E-state index contributed by atoms with van der Waals surface area (Å²) in [7, 11) is 0. The fourth-order valence-electron chi connectivity index (χ4n) is 12.1. The van der Waals surface area contributed by atoms with E-state index in [1.807, 2.05) is 11.3 Å². The van der Waals surface area contributed by atoms with Crippen LogP contribution in [0.3, 0.4) is 0 Å². The number of para-hydroxylation sites is 2. The summed E-state index contributed by atoms with van der Waals surface area (Å²) in [6.07, 6.45) is 11.4. The number of rotatable bonds is 7. The second-order valence-electron chi connectivity index (χ2n) is 19.4. The van der Waals surface area contributed by atoms with E-state index in [1.165, 1.54) is 133 Å². The first-order valence-corrected chi connectivity index (χ1v) is 25.9. The van der Waals surface area contributed by atoms with Gasteiger partial charge < -0.3 is 18.4 Å². The Morgan fingerprint density at radius 1 is 0.366 bits per heavy atom. The van der Waals surface area contributed by atoms with Gasteiger partial charge in [0, 0.05) is 70.2 Å². The number of aryl methyl sites for hydroxylation is 2. The van der Waals surface area contributed by atoms with Crippen molar-refractivity contribution < 1.29 is 4.74 Å². The highest BCUT2D eigenvalue weighted by Crippen LogP contribution is 2.43. The smallest absolute Gasteiger partial charge is 0.128 e. The molecule has 0 unspecified atom stereocenters. The number of thiophene rings is 1. The van der Waals surface area contributed by atoms with Gasteiger partial charge in [-0.3, -0.25) is 0 Å². The van der Waals surface area contributed by atoms with Gasteiger partial charge in [0.15, 0.2) is 0 Å². The van der Waals surface area contributed by atoms with Gasteiger partial charge >= 0.3 is 0 Å². The molecule has 9 aromatic carbocycles. The zero-order valence-electron chi connectivity index (χ0n) is 39.1. The van der Waals surface area contributed by atoms with Gasteiger partial charge in [0.05, 0.1) is 22.1 Å². The van der Waals surface area contributed by atoms with Crippen molar-refractivity contribution in [3.63, 3.8) is 0 Å². The SMILES string of the molecule is C1=Cc2c(c3cc(-c4ccc5c(c4)c4cc(-c6ccc7c(c6)c6c(n7-c7ccccc7)CCCC6)ccc4n5-c4ccc(Oc5ccc6c(c5)sc5ccccc56)cc4)ccc3n2-c2ccccc2)CC1. The van der Waals surface area contributed by atoms with E-state index >= 15 is 0 Å². The highest BCUT2D eigenvalue weighted by molar-refractivity contribution is 7.25. The number of fused-ring (bicyclic) bond motifs is 12. The predicted octanol–water partition coefficient (Wildman–Crippen LogP) is 18.0. The number of ether oxygens (including phenoxy) is 1. The first-order chi connectivity index (χ1) is 35.2. The standard InChI is InChI=1S/C66H47N3OS/c1-3-13-46(14-4-1)67-59-20-10-7-17-51(59)55-37-42(23-33-61(55)67)44-25-35-63-57(39-44)58-40-45(43-24-34-62-56(38-43)52-18-8-11-21-60(52)68(62)47-15-5-2-6-16-47)26-36-64(58)69(63)48-27-29-49(30-28-48)70-50-31-32-54-53-19-9-12-22-65(53)71-66(54)41-50/h1-6,9-10,12-16,19-20,22-41H,7-8,11,17-18,21H2. The van der Waals surface area contributed by atoms with Crippen molar-refractivity contribution in [3.05, 3.63) is 229 Å². The molecule has 0 saturated heterocycles. The maximum Gasteiger partial charge on any atom is 0.128 e. The fourth-order valence-corrected chi connectivity index (χ4v) is 13.2. The average Bonchev–Trinajstić information content (AvgIpc) is 4.17. The summed E-state index contributed by atoms with van der Waals surface area (Å²) < 4.78 is 16.4. The first kappa shape index (κ1) is 40.5. The van der Waals surface area contributed by atoms with Crippen LogP contribution in [0.4, 0.5) is 0 Å². The third-order valence-corrected chi connectivity index (χ3v) is 16.5. The van der Waals surface area contributed by atoms with Gasteiger partial charge in [-0.25, -0.2) is 0 Å². The van der Waals surface area contributed by atoms with Gasteiger partial charge in [0.2, 0.25) is 0 Å². The Hall–Kier alpha value is -8.38. The molecule has 2 aliphatic rings. The van der Waals surface area contributed by atoms with Gasteiger partial charge in [-0.15, -0.1) is 11.3 Å².